The Labute approximate surface area is 77.7 Å². The zero-order chi connectivity index (χ0) is 9.35. The molecule has 1 aliphatic carbocycles. The maximum atomic E-state index is 2.48. The minimum Gasteiger partial charge on any atom is -0.0625 e. The van der Waals surface area contributed by atoms with Crippen molar-refractivity contribution >= 4 is 0 Å². The highest BCUT2D eigenvalue weighted by Crippen LogP contribution is 2.46. The first-order valence-corrected chi connectivity index (χ1v) is 5.44. The van der Waals surface area contributed by atoms with Gasteiger partial charge in [0.1, 0.15) is 0 Å². The molecule has 1 aliphatic rings. The predicted molar refractivity (Wildman–Crippen MR) is 55.1 cm³/mol. The Kier molecular flexibility index (Phi) is 2.85. The quantitative estimate of drug-likeness (QED) is 0.553. The summed E-state index contributed by atoms with van der Waals surface area (Å²) in [6.45, 7) is 12.1. The SMILES string of the molecule is CC1CC(C)CC(C)(C(C)C)C1. The van der Waals surface area contributed by atoms with E-state index in [1.165, 1.54) is 19.3 Å². The first-order chi connectivity index (χ1) is 5.44. The Morgan fingerprint density at radius 1 is 1.08 bits per heavy atom. The molecule has 2 unspecified atom stereocenters. The summed E-state index contributed by atoms with van der Waals surface area (Å²) in [5, 5.41) is 0. The molecule has 0 aromatic carbocycles. The fourth-order valence-corrected chi connectivity index (χ4v) is 3.00. The van der Waals surface area contributed by atoms with Crippen molar-refractivity contribution in [2.75, 3.05) is 0 Å². The normalized spacial score (nSPS) is 43.5. The molecule has 1 fully saturated rings. The highest BCUT2D eigenvalue weighted by molar-refractivity contribution is 4.86. The molecule has 0 aromatic rings. The largest absolute Gasteiger partial charge is 0.0625 e. The zero-order valence-electron chi connectivity index (χ0n) is 9.35. The van der Waals surface area contributed by atoms with Gasteiger partial charge in [0.25, 0.3) is 0 Å². The van der Waals surface area contributed by atoms with Crippen LogP contribution in [0, 0.1) is 23.2 Å². The molecule has 0 N–H and O–H groups in total. The van der Waals surface area contributed by atoms with Gasteiger partial charge in [-0.15, -0.1) is 0 Å². The smallest absolute Gasteiger partial charge is 0.0298 e. The van der Waals surface area contributed by atoms with E-state index in [1.54, 1.807) is 0 Å². The number of hydrogen-bond donors (Lipinski definition) is 0. The van der Waals surface area contributed by atoms with Gasteiger partial charge >= 0.3 is 0 Å². The molecule has 0 heteroatoms. The third-order valence-corrected chi connectivity index (χ3v) is 3.83. The van der Waals surface area contributed by atoms with E-state index in [0.717, 1.165) is 17.8 Å². The average molecular weight is 168 g/mol. The van der Waals surface area contributed by atoms with E-state index in [2.05, 4.69) is 34.6 Å². The first kappa shape index (κ1) is 10.1. The van der Waals surface area contributed by atoms with Crippen LogP contribution in [0.4, 0.5) is 0 Å². The van der Waals surface area contributed by atoms with Gasteiger partial charge in [-0.25, -0.2) is 0 Å². The predicted octanol–water partition coefficient (Wildman–Crippen LogP) is 4.10. The molecule has 1 saturated carbocycles. The van der Waals surface area contributed by atoms with E-state index in [1.807, 2.05) is 0 Å². The lowest BCUT2D eigenvalue weighted by Gasteiger charge is -2.43. The van der Waals surface area contributed by atoms with Crippen molar-refractivity contribution in [1.82, 2.24) is 0 Å². The molecule has 0 aromatic heterocycles. The maximum absolute atomic E-state index is 2.48. The van der Waals surface area contributed by atoms with E-state index in [-0.39, 0.29) is 0 Å². The van der Waals surface area contributed by atoms with Gasteiger partial charge in [0.2, 0.25) is 0 Å². The second-order valence-corrected chi connectivity index (χ2v) is 5.66. The summed E-state index contributed by atoms with van der Waals surface area (Å²) < 4.78 is 0. The number of hydrogen-bond acceptors (Lipinski definition) is 0. The lowest BCUT2D eigenvalue weighted by atomic mass is 9.62. The molecule has 0 heterocycles. The minimum absolute atomic E-state index is 0.622. The van der Waals surface area contributed by atoms with Gasteiger partial charge in [0, 0.05) is 0 Å². The van der Waals surface area contributed by atoms with E-state index >= 15 is 0 Å². The van der Waals surface area contributed by atoms with Crippen molar-refractivity contribution < 1.29 is 0 Å². The van der Waals surface area contributed by atoms with Gasteiger partial charge in [-0.2, -0.15) is 0 Å². The molecule has 1 rings (SSSR count). The highest BCUT2D eigenvalue weighted by Gasteiger charge is 2.35. The Hall–Kier alpha value is 0. The summed E-state index contributed by atoms with van der Waals surface area (Å²) in [4.78, 5) is 0. The first-order valence-electron chi connectivity index (χ1n) is 5.44. The van der Waals surface area contributed by atoms with Crippen molar-refractivity contribution in [2.24, 2.45) is 23.2 Å². The summed E-state index contributed by atoms with van der Waals surface area (Å²) in [5.41, 5.74) is 0.622. The molecule has 0 amide bonds. The Morgan fingerprint density at radius 2 is 1.50 bits per heavy atom. The van der Waals surface area contributed by atoms with Crippen molar-refractivity contribution in [2.45, 2.75) is 53.9 Å². The Bertz CT molecular complexity index is 136. The van der Waals surface area contributed by atoms with Crippen LogP contribution in [0.2, 0.25) is 0 Å². The number of rotatable bonds is 1. The summed E-state index contributed by atoms with van der Waals surface area (Å²) in [5.74, 6) is 2.74. The molecule has 72 valence electrons. The molecule has 0 saturated heterocycles. The van der Waals surface area contributed by atoms with Crippen LogP contribution < -0.4 is 0 Å². The van der Waals surface area contributed by atoms with Gasteiger partial charge in [0.15, 0.2) is 0 Å². The molecule has 0 radical (unpaired) electrons. The topological polar surface area (TPSA) is 0 Å². The molecular weight excluding hydrogens is 144 g/mol. The molecular formula is C12H24. The van der Waals surface area contributed by atoms with Gasteiger partial charge in [-0.05, 0) is 42.4 Å². The van der Waals surface area contributed by atoms with Gasteiger partial charge in [-0.3, -0.25) is 0 Å². The second-order valence-electron chi connectivity index (χ2n) is 5.66. The summed E-state index contributed by atoms with van der Waals surface area (Å²) >= 11 is 0. The van der Waals surface area contributed by atoms with Crippen LogP contribution in [0.15, 0.2) is 0 Å². The van der Waals surface area contributed by atoms with Crippen LogP contribution in [0.1, 0.15) is 53.9 Å². The van der Waals surface area contributed by atoms with Crippen LogP contribution in [0.5, 0.6) is 0 Å². The summed E-state index contributed by atoms with van der Waals surface area (Å²) in [6, 6.07) is 0. The van der Waals surface area contributed by atoms with Crippen LogP contribution >= 0.6 is 0 Å². The highest BCUT2D eigenvalue weighted by atomic mass is 14.4. The second kappa shape index (κ2) is 3.40. The van der Waals surface area contributed by atoms with Crippen LogP contribution in [-0.4, -0.2) is 0 Å². The molecule has 0 spiro atoms. The van der Waals surface area contributed by atoms with Crippen molar-refractivity contribution in [3.05, 3.63) is 0 Å². The zero-order valence-corrected chi connectivity index (χ0v) is 9.35. The molecule has 0 bridgehead atoms. The lowest BCUT2D eigenvalue weighted by molar-refractivity contribution is 0.0746. The maximum Gasteiger partial charge on any atom is -0.0298 e. The Morgan fingerprint density at radius 3 is 1.83 bits per heavy atom. The fourth-order valence-electron chi connectivity index (χ4n) is 3.00. The standard InChI is InChI=1S/C12H24/c1-9(2)12(5)7-10(3)6-11(4)8-12/h9-11H,6-8H2,1-5H3. The fraction of sp³-hybridized carbons (Fsp3) is 1.00. The van der Waals surface area contributed by atoms with Crippen LogP contribution in [-0.2, 0) is 0 Å². The van der Waals surface area contributed by atoms with Crippen LogP contribution in [0.25, 0.3) is 0 Å². The van der Waals surface area contributed by atoms with E-state index in [4.69, 9.17) is 0 Å². The van der Waals surface area contributed by atoms with Gasteiger partial charge in [0.05, 0.1) is 0 Å². The molecule has 0 nitrogen and oxygen atoms in total. The molecule has 2 atom stereocenters. The van der Waals surface area contributed by atoms with Crippen molar-refractivity contribution in [3.63, 3.8) is 0 Å². The van der Waals surface area contributed by atoms with Gasteiger partial charge in [-0.1, -0.05) is 34.6 Å². The summed E-state index contributed by atoms with van der Waals surface area (Å²) in [7, 11) is 0. The van der Waals surface area contributed by atoms with Crippen LogP contribution in [0.3, 0.4) is 0 Å². The monoisotopic (exact) mass is 168 g/mol. The third kappa shape index (κ3) is 2.02. The average Bonchev–Trinajstić information content (AvgIpc) is 1.82. The molecule has 0 aliphatic heterocycles. The van der Waals surface area contributed by atoms with E-state index in [0.29, 0.717) is 5.41 Å². The third-order valence-electron chi connectivity index (χ3n) is 3.83. The van der Waals surface area contributed by atoms with Crippen molar-refractivity contribution in [1.29, 1.82) is 0 Å². The lowest BCUT2D eigenvalue weighted by Crippen LogP contribution is -2.33. The minimum atomic E-state index is 0.622. The van der Waals surface area contributed by atoms with E-state index < -0.39 is 0 Å². The molecule has 12 heavy (non-hydrogen) atoms. The summed E-state index contributed by atoms with van der Waals surface area (Å²) in [6.07, 6.45) is 4.33. The van der Waals surface area contributed by atoms with Gasteiger partial charge < -0.3 is 0 Å². The Balaban J connectivity index is 2.65. The van der Waals surface area contributed by atoms with E-state index in [9.17, 15) is 0 Å². The van der Waals surface area contributed by atoms with Crippen molar-refractivity contribution in [3.8, 4) is 0 Å².